The predicted octanol–water partition coefficient (Wildman–Crippen LogP) is 3.66. The molecule has 1 aliphatic heterocycles. The first kappa shape index (κ1) is 22.0. The second-order valence-corrected chi connectivity index (χ2v) is 6.88. The lowest BCUT2D eigenvalue weighted by Gasteiger charge is -2.13. The van der Waals surface area contributed by atoms with Gasteiger partial charge < -0.3 is 28.4 Å². The standard InChI is InChI=1S/C23H24O8/c1-13(2)30-21(24)12-29-15-6-7-17-18(10-15)31-19(22(17)25)9-14-8-16(26-3)11-20(27-4)23(14)28-5/h6-11,13H,12H2,1-5H3/b19-9+. The molecule has 0 saturated carbocycles. The third-order valence-electron chi connectivity index (χ3n) is 4.37. The van der Waals surface area contributed by atoms with Crippen LogP contribution in [0.3, 0.4) is 0 Å². The Morgan fingerprint density at radius 3 is 2.45 bits per heavy atom. The van der Waals surface area contributed by atoms with E-state index in [0.29, 0.717) is 39.9 Å². The first-order valence-electron chi connectivity index (χ1n) is 9.56. The van der Waals surface area contributed by atoms with Crippen molar-refractivity contribution in [1.82, 2.24) is 0 Å². The summed E-state index contributed by atoms with van der Waals surface area (Å²) in [4.78, 5) is 24.5. The van der Waals surface area contributed by atoms with Crippen LogP contribution in [-0.2, 0) is 9.53 Å². The van der Waals surface area contributed by atoms with E-state index in [0.717, 1.165) is 0 Å². The predicted molar refractivity (Wildman–Crippen MR) is 112 cm³/mol. The van der Waals surface area contributed by atoms with Crippen LogP contribution in [0.25, 0.3) is 6.08 Å². The number of rotatable bonds is 8. The van der Waals surface area contributed by atoms with Gasteiger partial charge in [0.1, 0.15) is 17.2 Å². The van der Waals surface area contributed by atoms with Gasteiger partial charge in [0.15, 0.2) is 23.9 Å². The van der Waals surface area contributed by atoms with E-state index in [-0.39, 0.29) is 24.3 Å². The molecular weight excluding hydrogens is 404 g/mol. The zero-order valence-electron chi connectivity index (χ0n) is 18.0. The second-order valence-electron chi connectivity index (χ2n) is 6.88. The molecule has 8 heteroatoms. The number of Topliss-reactive ketones (excluding diaryl/α,β-unsaturated/α-hetero) is 1. The Kier molecular flexibility index (Phi) is 6.69. The van der Waals surface area contributed by atoms with Crippen LogP contribution in [0, 0.1) is 0 Å². The average molecular weight is 428 g/mol. The number of allylic oxidation sites excluding steroid dienone is 1. The van der Waals surface area contributed by atoms with Crippen molar-refractivity contribution < 1.29 is 38.0 Å². The van der Waals surface area contributed by atoms with Crippen molar-refractivity contribution in [2.75, 3.05) is 27.9 Å². The Labute approximate surface area is 180 Å². The highest BCUT2D eigenvalue weighted by molar-refractivity contribution is 6.14. The number of methoxy groups -OCH3 is 3. The second kappa shape index (κ2) is 9.42. The first-order chi connectivity index (χ1) is 14.9. The lowest BCUT2D eigenvalue weighted by atomic mass is 10.1. The maximum Gasteiger partial charge on any atom is 0.344 e. The molecule has 0 aliphatic carbocycles. The number of esters is 1. The summed E-state index contributed by atoms with van der Waals surface area (Å²) in [5.74, 6) is 1.50. The van der Waals surface area contributed by atoms with Crippen LogP contribution in [0.15, 0.2) is 36.1 Å². The third-order valence-corrected chi connectivity index (χ3v) is 4.37. The van der Waals surface area contributed by atoms with E-state index in [1.807, 2.05) is 0 Å². The molecule has 2 aromatic rings. The van der Waals surface area contributed by atoms with Gasteiger partial charge in [-0.1, -0.05) is 0 Å². The number of ketones is 1. The van der Waals surface area contributed by atoms with Crippen LogP contribution in [0.5, 0.6) is 28.7 Å². The Morgan fingerprint density at radius 1 is 1.03 bits per heavy atom. The van der Waals surface area contributed by atoms with E-state index in [4.69, 9.17) is 28.4 Å². The molecule has 0 aromatic heterocycles. The van der Waals surface area contributed by atoms with E-state index in [2.05, 4.69) is 0 Å². The number of carbonyl (C=O) groups excluding carboxylic acids is 2. The highest BCUT2D eigenvalue weighted by atomic mass is 16.6. The zero-order valence-corrected chi connectivity index (χ0v) is 18.0. The normalized spacial score (nSPS) is 13.6. The molecule has 0 spiro atoms. The molecule has 0 fully saturated rings. The lowest BCUT2D eigenvalue weighted by Crippen LogP contribution is -2.18. The average Bonchev–Trinajstić information content (AvgIpc) is 3.05. The molecule has 3 rings (SSSR count). The zero-order chi connectivity index (χ0) is 22.5. The Bertz CT molecular complexity index is 1020. The fourth-order valence-electron chi connectivity index (χ4n) is 3.03. The summed E-state index contributed by atoms with van der Waals surface area (Å²) in [6.07, 6.45) is 1.34. The van der Waals surface area contributed by atoms with Crippen LogP contribution in [-0.4, -0.2) is 45.8 Å². The maximum absolute atomic E-state index is 12.8. The Hall–Kier alpha value is -3.68. The van der Waals surface area contributed by atoms with Crippen molar-refractivity contribution in [3.63, 3.8) is 0 Å². The molecule has 1 heterocycles. The van der Waals surface area contributed by atoms with Crippen LogP contribution < -0.4 is 23.7 Å². The maximum atomic E-state index is 12.8. The van der Waals surface area contributed by atoms with Crippen LogP contribution in [0.1, 0.15) is 29.8 Å². The molecule has 0 saturated heterocycles. The van der Waals surface area contributed by atoms with Crippen molar-refractivity contribution in [1.29, 1.82) is 0 Å². The summed E-state index contributed by atoms with van der Waals surface area (Å²) in [6, 6.07) is 8.13. The van der Waals surface area contributed by atoms with Crippen molar-refractivity contribution in [2.24, 2.45) is 0 Å². The third kappa shape index (κ3) is 4.91. The molecular formula is C23H24O8. The summed E-state index contributed by atoms with van der Waals surface area (Å²) >= 11 is 0. The number of hydrogen-bond donors (Lipinski definition) is 0. The van der Waals surface area contributed by atoms with Gasteiger partial charge in [0.2, 0.25) is 5.78 Å². The van der Waals surface area contributed by atoms with Crippen LogP contribution >= 0.6 is 0 Å². The van der Waals surface area contributed by atoms with Crippen LogP contribution in [0.4, 0.5) is 0 Å². The van der Waals surface area contributed by atoms with Gasteiger partial charge in [-0.05, 0) is 38.1 Å². The smallest absolute Gasteiger partial charge is 0.344 e. The van der Waals surface area contributed by atoms with Crippen molar-refractivity contribution in [3.05, 3.63) is 47.2 Å². The van der Waals surface area contributed by atoms with E-state index < -0.39 is 5.97 Å². The minimum atomic E-state index is -0.479. The van der Waals surface area contributed by atoms with Crippen molar-refractivity contribution in [3.8, 4) is 28.7 Å². The SMILES string of the molecule is COc1cc(/C=C2/Oc3cc(OCC(=O)OC(C)C)ccc3C2=O)c(OC)c(OC)c1. The van der Waals surface area contributed by atoms with E-state index in [1.54, 1.807) is 50.3 Å². The molecule has 0 amide bonds. The molecule has 164 valence electrons. The number of benzene rings is 2. The van der Waals surface area contributed by atoms with E-state index >= 15 is 0 Å². The molecule has 0 radical (unpaired) electrons. The van der Waals surface area contributed by atoms with Gasteiger partial charge in [-0.15, -0.1) is 0 Å². The molecule has 0 bridgehead atoms. The number of carbonyl (C=O) groups is 2. The highest BCUT2D eigenvalue weighted by Gasteiger charge is 2.28. The van der Waals surface area contributed by atoms with Gasteiger partial charge in [0.05, 0.1) is 33.0 Å². The van der Waals surface area contributed by atoms with E-state index in [9.17, 15) is 9.59 Å². The van der Waals surface area contributed by atoms with Gasteiger partial charge in [0, 0.05) is 17.7 Å². The molecule has 2 aromatic carbocycles. The topological polar surface area (TPSA) is 89.5 Å². The minimum absolute atomic E-state index is 0.111. The fourth-order valence-corrected chi connectivity index (χ4v) is 3.03. The van der Waals surface area contributed by atoms with Gasteiger partial charge >= 0.3 is 5.97 Å². The van der Waals surface area contributed by atoms with Crippen molar-refractivity contribution in [2.45, 2.75) is 20.0 Å². The van der Waals surface area contributed by atoms with Crippen LogP contribution in [0.2, 0.25) is 0 Å². The summed E-state index contributed by atoms with van der Waals surface area (Å²) in [5.41, 5.74) is 0.944. The fraction of sp³-hybridized carbons (Fsp3) is 0.304. The number of fused-ring (bicyclic) bond motifs is 1. The monoisotopic (exact) mass is 428 g/mol. The van der Waals surface area contributed by atoms with Gasteiger partial charge in [-0.25, -0.2) is 4.79 Å². The molecule has 0 unspecified atom stereocenters. The minimum Gasteiger partial charge on any atom is -0.497 e. The van der Waals surface area contributed by atoms with Gasteiger partial charge in [0.25, 0.3) is 0 Å². The molecule has 0 N–H and O–H groups in total. The summed E-state index contributed by atoms with van der Waals surface area (Å²) in [5, 5.41) is 0. The largest absolute Gasteiger partial charge is 0.497 e. The van der Waals surface area contributed by atoms with Gasteiger partial charge in [-0.2, -0.15) is 0 Å². The summed E-state index contributed by atoms with van der Waals surface area (Å²) < 4.78 is 32.3. The summed E-state index contributed by atoms with van der Waals surface area (Å²) in [6.45, 7) is 3.27. The molecule has 1 aliphatic rings. The Balaban J connectivity index is 1.84. The lowest BCUT2D eigenvalue weighted by molar-refractivity contribution is -0.149. The molecule has 31 heavy (non-hydrogen) atoms. The quantitative estimate of drug-likeness (QED) is 0.465. The molecule has 0 atom stereocenters. The van der Waals surface area contributed by atoms with Crippen molar-refractivity contribution >= 4 is 17.8 Å². The Morgan fingerprint density at radius 2 is 1.81 bits per heavy atom. The first-order valence-corrected chi connectivity index (χ1v) is 9.56. The summed E-state index contributed by atoms with van der Waals surface area (Å²) in [7, 11) is 4.55. The van der Waals surface area contributed by atoms with E-state index in [1.165, 1.54) is 21.3 Å². The molecule has 8 nitrogen and oxygen atoms in total. The number of hydrogen-bond acceptors (Lipinski definition) is 8. The number of ether oxygens (including phenoxy) is 6. The van der Waals surface area contributed by atoms with Gasteiger partial charge in [-0.3, -0.25) is 4.79 Å². The highest BCUT2D eigenvalue weighted by Crippen LogP contribution is 2.39.